The molecule has 1 N–H and O–H groups in total. The Bertz CT molecular complexity index is 621. The first-order valence-corrected chi connectivity index (χ1v) is 7.37. The van der Waals surface area contributed by atoms with E-state index in [4.69, 9.17) is 9.26 Å². The van der Waals surface area contributed by atoms with Crippen molar-refractivity contribution in [3.05, 3.63) is 36.1 Å². The van der Waals surface area contributed by atoms with Crippen LogP contribution in [0.15, 0.2) is 29.3 Å². The number of rotatable bonds is 4. The highest BCUT2D eigenvalue weighted by Crippen LogP contribution is 2.23. The summed E-state index contributed by atoms with van der Waals surface area (Å²) >= 11 is 0. The van der Waals surface area contributed by atoms with Crippen LogP contribution in [0.5, 0.6) is 5.88 Å². The lowest BCUT2D eigenvalue weighted by molar-refractivity contribution is 0.0888. The summed E-state index contributed by atoms with van der Waals surface area (Å²) in [6.07, 6.45) is 9.93. The van der Waals surface area contributed by atoms with Crippen LogP contribution in [-0.4, -0.2) is 33.2 Å². The van der Waals surface area contributed by atoms with E-state index in [1.54, 1.807) is 25.5 Å². The van der Waals surface area contributed by atoms with E-state index in [0.717, 1.165) is 25.7 Å². The first-order valence-electron chi connectivity index (χ1n) is 7.37. The first kappa shape index (κ1) is 14.5. The average Bonchev–Trinajstić information content (AvgIpc) is 2.96. The van der Waals surface area contributed by atoms with Gasteiger partial charge in [0, 0.05) is 18.4 Å². The van der Waals surface area contributed by atoms with Crippen LogP contribution in [0.3, 0.4) is 0 Å². The summed E-state index contributed by atoms with van der Waals surface area (Å²) in [5.74, 6) is 0.962. The van der Waals surface area contributed by atoms with E-state index in [-0.39, 0.29) is 18.1 Å². The van der Waals surface area contributed by atoms with E-state index in [0.29, 0.717) is 17.2 Å². The minimum absolute atomic E-state index is 0.127. The highest BCUT2D eigenvalue weighted by atomic mass is 16.5. The molecular formula is C15H18N4O3. The Labute approximate surface area is 128 Å². The summed E-state index contributed by atoms with van der Waals surface area (Å²) in [7, 11) is 0. The summed E-state index contributed by atoms with van der Waals surface area (Å²) < 4.78 is 10.7. The van der Waals surface area contributed by atoms with Crippen LogP contribution >= 0.6 is 0 Å². The second-order valence-electron chi connectivity index (χ2n) is 5.40. The Kier molecular flexibility index (Phi) is 4.32. The molecule has 1 aliphatic carbocycles. The molecule has 2 aromatic rings. The number of ether oxygens (including phenoxy) is 1. The summed E-state index contributed by atoms with van der Waals surface area (Å²) in [6.45, 7) is 1.73. The number of aryl methyl sites for hydroxylation is 1. The van der Waals surface area contributed by atoms with Crippen molar-refractivity contribution in [3.8, 4) is 5.88 Å². The van der Waals surface area contributed by atoms with Gasteiger partial charge in [-0.15, -0.1) is 0 Å². The van der Waals surface area contributed by atoms with Crippen LogP contribution in [0.4, 0.5) is 0 Å². The lowest BCUT2D eigenvalue weighted by atomic mass is 9.92. The van der Waals surface area contributed by atoms with E-state index >= 15 is 0 Å². The predicted molar refractivity (Wildman–Crippen MR) is 77.4 cm³/mol. The molecule has 0 saturated heterocycles. The molecule has 1 aliphatic rings. The van der Waals surface area contributed by atoms with Crippen molar-refractivity contribution in [2.45, 2.75) is 44.8 Å². The molecule has 3 rings (SSSR count). The van der Waals surface area contributed by atoms with Gasteiger partial charge in [0.2, 0.25) is 5.88 Å². The molecule has 2 aromatic heterocycles. The summed E-state index contributed by atoms with van der Waals surface area (Å²) in [5, 5.41) is 6.65. The van der Waals surface area contributed by atoms with E-state index in [2.05, 4.69) is 20.4 Å². The van der Waals surface area contributed by atoms with Crippen LogP contribution in [0, 0.1) is 6.92 Å². The molecule has 116 valence electrons. The van der Waals surface area contributed by atoms with Gasteiger partial charge < -0.3 is 14.6 Å². The van der Waals surface area contributed by atoms with Crippen LogP contribution in [0.1, 0.15) is 41.8 Å². The minimum atomic E-state index is -0.128. The molecule has 0 unspecified atom stereocenters. The Hall–Kier alpha value is -2.44. The van der Waals surface area contributed by atoms with Gasteiger partial charge in [-0.3, -0.25) is 9.78 Å². The third kappa shape index (κ3) is 3.41. The number of aromatic nitrogens is 3. The monoisotopic (exact) mass is 302 g/mol. The summed E-state index contributed by atoms with van der Waals surface area (Å²) in [4.78, 5) is 20.2. The van der Waals surface area contributed by atoms with Gasteiger partial charge in [-0.2, -0.15) is 0 Å². The van der Waals surface area contributed by atoms with Crippen LogP contribution in [0.25, 0.3) is 0 Å². The molecule has 0 radical (unpaired) electrons. The quantitative estimate of drug-likeness (QED) is 0.927. The standard InChI is InChI=1S/C15H18N4O3/c1-10-13(8-18-22-10)15(20)19-11-2-4-12(5-3-11)21-14-9-16-6-7-17-14/h6-9,11-12H,2-5H2,1H3,(H,19,20). The van der Waals surface area contributed by atoms with Gasteiger partial charge in [0.05, 0.1) is 12.4 Å². The summed E-state index contributed by atoms with van der Waals surface area (Å²) in [5.41, 5.74) is 0.498. The van der Waals surface area contributed by atoms with Crippen LogP contribution in [-0.2, 0) is 0 Å². The Balaban J connectivity index is 1.48. The second-order valence-corrected chi connectivity index (χ2v) is 5.40. The smallest absolute Gasteiger partial charge is 0.256 e. The van der Waals surface area contributed by atoms with Gasteiger partial charge >= 0.3 is 0 Å². The molecule has 1 saturated carbocycles. The molecule has 0 atom stereocenters. The number of nitrogens with one attached hydrogen (secondary N) is 1. The number of carbonyl (C=O) groups is 1. The first-order chi connectivity index (χ1) is 10.7. The fourth-order valence-corrected chi connectivity index (χ4v) is 2.62. The number of amides is 1. The maximum atomic E-state index is 12.1. The number of nitrogens with zero attached hydrogens (tertiary/aromatic N) is 3. The van der Waals surface area contributed by atoms with Crippen molar-refractivity contribution in [2.24, 2.45) is 0 Å². The number of hydrogen-bond donors (Lipinski definition) is 1. The van der Waals surface area contributed by atoms with Crippen molar-refractivity contribution >= 4 is 5.91 Å². The zero-order valence-electron chi connectivity index (χ0n) is 12.4. The van der Waals surface area contributed by atoms with Gasteiger partial charge in [0.1, 0.15) is 17.4 Å². The summed E-state index contributed by atoms with van der Waals surface area (Å²) in [6, 6.07) is 0.156. The third-order valence-corrected chi connectivity index (χ3v) is 3.83. The van der Waals surface area contributed by atoms with Gasteiger partial charge in [0.15, 0.2) is 0 Å². The topological polar surface area (TPSA) is 90.1 Å². The Morgan fingerprint density at radius 3 is 2.73 bits per heavy atom. The normalized spacial score (nSPS) is 21.3. The van der Waals surface area contributed by atoms with Gasteiger partial charge in [-0.1, -0.05) is 5.16 Å². The molecule has 1 amide bonds. The van der Waals surface area contributed by atoms with Crippen LogP contribution in [0.2, 0.25) is 0 Å². The SMILES string of the molecule is Cc1oncc1C(=O)NC1CCC(Oc2cnccn2)CC1. The molecule has 7 heteroatoms. The average molecular weight is 302 g/mol. The van der Waals surface area contributed by atoms with E-state index < -0.39 is 0 Å². The molecule has 7 nitrogen and oxygen atoms in total. The molecule has 1 fully saturated rings. The lowest BCUT2D eigenvalue weighted by Gasteiger charge is -2.29. The molecule has 0 aliphatic heterocycles. The Morgan fingerprint density at radius 1 is 1.27 bits per heavy atom. The maximum Gasteiger partial charge on any atom is 0.256 e. The van der Waals surface area contributed by atoms with E-state index in [1.165, 1.54) is 6.20 Å². The fraction of sp³-hybridized carbons (Fsp3) is 0.467. The zero-order chi connectivity index (χ0) is 15.4. The van der Waals surface area contributed by atoms with E-state index in [9.17, 15) is 4.79 Å². The maximum absolute atomic E-state index is 12.1. The number of carbonyl (C=O) groups excluding carboxylic acids is 1. The molecule has 0 bridgehead atoms. The zero-order valence-corrected chi connectivity index (χ0v) is 12.4. The molecule has 0 aromatic carbocycles. The predicted octanol–water partition coefficient (Wildman–Crippen LogP) is 1.89. The van der Waals surface area contributed by atoms with Crippen molar-refractivity contribution in [1.82, 2.24) is 20.4 Å². The van der Waals surface area contributed by atoms with Gasteiger partial charge in [0.25, 0.3) is 5.91 Å². The minimum Gasteiger partial charge on any atom is -0.473 e. The van der Waals surface area contributed by atoms with Gasteiger partial charge in [-0.05, 0) is 32.6 Å². The largest absolute Gasteiger partial charge is 0.473 e. The number of hydrogen-bond acceptors (Lipinski definition) is 6. The Morgan fingerprint density at radius 2 is 2.09 bits per heavy atom. The molecule has 2 heterocycles. The van der Waals surface area contributed by atoms with Gasteiger partial charge in [-0.25, -0.2) is 4.98 Å². The van der Waals surface area contributed by atoms with Crippen molar-refractivity contribution in [3.63, 3.8) is 0 Å². The highest BCUT2D eigenvalue weighted by molar-refractivity contribution is 5.94. The third-order valence-electron chi connectivity index (χ3n) is 3.83. The molecule has 22 heavy (non-hydrogen) atoms. The second kappa shape index (κ2) is 6.55. The van der Waals surface area contributed by atoms with Crippen molar-refractivity contribution in [1.29, 1.82) is 0 Å². The van der Waals surface area contributed by atoms with Crippen molar-refractivity contribution in [2.75, 3.05) is 0 Å². The van der Waals surface area contributed by atoms with Crippen molar-refractivity contribution < 1.29 is 14.1 Å². The molecular weight excluding hydrogens is 284 g/mol. The lowest BCUT2D eigenvalue weighted by Crippen LogP contribution is -2.39. The highest BCUT2D eigenvalue weighted by Gasteiger charge is 2.25. The molecule has 0 spiro atoms. The fourth-order valence-electron chi connectivity index (χ4n) is 2.62. The van der Waals surface area contributed by atoms with Crippen LogP contribution < -0.4 is 10.1 Å². The van der Waals surface area contributed by atoms with E-state index in [1.807, 2.05) is 0 Å².